The number of carbonyl (C=O) groups excluding carboxylic acids is 1. The number of aryl methyl sites for hydroxylation is 1. The number of hydrogen-bond acceptors (Lipinski definition) is 4. The van der Waals surface area contributed by atoms with E-state index in [-0.39, 0.29) is 12.0 Å². The van der Waals surface area contributed by atoms with Crippen molar-refractivity contribution in [1.29, 1.82) is 0 Å². The number of nitrogens with zero attached hydrogens (tertiary/aromatic N) is 1. The first-order chi connectivity index (χ1) is 10.2. The van der Waals surface area contributed by atoms with Gasteiger partial charge in [0.2, 0.25) is 5.91 Å². The molecule has 1 N–H and O–H groups in total. The quantitative estimate of drug-likeness (QED) is 0.878. The molecule has 5 heteroatoms. The van der Waals surface area contributed by atoms with Gasteiger partial charge in [-0.1, -0.05) is 6.92 Å². The zero-order valence-electron chi connectivity index (χ0n) is 12.8. The van der Waals surface area contributed by atoms with E-state index in [2.05, 4.69) is 17.2 Å². The van der Waals surface area contributed by atoms with Gasteiger partial charge in [-0.2, -0.15) is 11.8 Å². The van der Waals surface area contributed by atoms with Crippen LogP contribution in [0.5, 0.6) is 5.75 Å². The van der Waals surface area contributed by atoms with E-state index >= 15 is 0 Å². The Bertz CT molecular complexity index is 459. The Hall–Kier alpha value is -1.23. The highest BCUT2D eigenvalue weighted by Gasteiger charge is 2.23. The highest BCUT2D eigenvalue weighted by atomic mass is 32.2. The van der Waals surface area contributed by atoms with Gasteiger partial charge in [-0.15, -0.1) is 0 Å². The minimum Gasteiger partial charge on any atom is -0.489 e. The lowest BCUT2D eigenvalue weighted by Crippen LogP contribution is -2.40. The lowest BCUT2D eigenvalue weighted by Gasteiger charge is -2.29. The fourth-order valence-electron chi connectivity index (χ4n) is 2.56. The van der Waals surface area contributed by atoms with Crippen molar-refractivity contribution in [2.24, 2.45) is 0 Å². The highest BCUT2D eigenvalue weighted by Crippen LogP contribution is 2.25. The number of pyridine rings is 1. The van der Waals surface area contributed by atoms with Crippen molar-refractivity contribution in [2.45, 2.75) is 51.7 Å². The van der Waals surface area contributed by atoms with Crippen LogP contribution in [0.3, 0.4) is 0 Å². The summed E-state index contributed by atoms with van der Waals surface area (Å²) in [7, 11) is 0. The third kappa shape index (κ3) is 5.23. The van der Waals surface area contributed by atoms with Crippen molar-refractivity contribution in [3.05, 3.63) is 24.0 Å². The van der Waals surface area contributed by atoms with Crippen molar-refractivity contribution >= 4 is 17.7 Å². The molecule has 0 aliphatic heterocycles. The van der Waals surface area contributed by atoms with Gasteiger partial charge in [0.05, 0.1) is 17.6 Å². The summed E-state index contributed by atoms with van der Waals surface area (Å²) >= 11 is 1.67. The lowest BCUT2D eigenvalue weighted by atomic mass is 9.93. The van der Waals surface area contributed by atoms with E-state index in [0.717, 1.165) is 42.9 Å². The summed E-state index contributed by atoms with van der Waals surface area (Å²) in [5.41, 5.74) is 0.935. The average Bonchev–Trinajstić information content (AvgIpc) is 2.49. The van der Waals surface area contributed by atoms with Crippen molar-refractivity contribution in [3.8, 4) is 5.75 Å². The molecule has 1 aromatic heterocycles. The summed E-state index contributed by atoms with van der Waals surface area (Å²) in [6.07, 6.45) is 5.98. The first kappa shape index (κ1) is 16.1. The van der Waals surface area contributed by atoms with Gasteiger partial charge in [0.1, 0.15) is 5.75 Å². The SMILES string of the molecule is CCSCC(=O)NC1CCC(Oc2cccnc2C)CC1. The molecular weight excluding hydrogens is 284 g/mol. The van der Waals surface area contributed by atoms with Crippen molar-refractivity contribution in [3.63, 3.8) is 0 Å². The summed E-state index contributed by atoms with van der Waals surface area (Å²) in [5, 5.41) is 3.12. The largest absolute Gasteiger partial charge is 0.489 e. The van der Waals surface area contributed by atoms with E-state index in [1.807, 2.05) is 19.1 Å². The number of thioether (sulfide) groups is 1. The van der Waals surface area contributed by atoms with Crippen LogP contribution in [0.15, 0.2) is 18.3 Å². The Labute approximate surface area is 131 Å². The predicted octanol–water partition coefficient (Wildman–Crippen LogP) is 2.95. The second-order valence-electron chi connectivity index (χ2n) is 5.38. The van der Waals surface area contributed by atoms with Crippen LogP contribution in [0.2, 0.25) is 0 Å². The maximum atomic E-state index is 11.7. The van der Waals surface area contributed by atoms with Crippen molar-refractivity contribution in [2.75, 3.05) is 11.5 Å². The van der Waals surface area contributed by atoms with Crippen molar-refractivity contribution < 1.29 is 9.53 Å². The van der Waals surface area contributed by atoms with Crippen LogP contribution in [0, 0.1) is 6.92 Å². The number of hydrogen-bond donors (Lipinski definition) is 1. The topological polar surface area (TPSA) is 51.2 Å². The van der Waals surface area contributed by atoms with Crippen LogP contribution in [0.4, 0.5) is 0 Å². The van der Waals surface area contributed by atoms with Gasteiger partial charge >= 0.3 is 0 Å². The molecule has 0 aromatic carbocycles. The normalized spacial score (nSPS) is 21.8. The van der Waals surface area contributed by atoms with E-state index in [9.17, 15) is 4.79 Å². The minimum atomic E-state index is 0.161. The Kier molecular flexibility index (Phi) is 6.36. The molecule has 1 saturated carbocycles. The minimum absolute atomic E-state index is 0.161. The molecule has 116 valence electrons. The Morgan fingerprint density at radius 1 is 1.43 bits per heavy atom. The molecule has 1 aromatic rings. The molecule has 0 spiro atoms. The summed E-state index contributed by atoms with van der Waals surface area (Å²) in [5.74, 6) is 2.60. The van der Waals surface area contributed by atoms with Gasteiger partial charge in [-0.3, -0.25) is 9.78 Å². The second kappa shape index (κ2) is 8.27. The summed E-state index contributed by atoms with van der Waals surface area (Å²) in [4.78, 5) is 16.0. The Morgan fingerprint density at radius 3 is 2.86 bits per heavy atom. The van der Waals surface area contributed by atoms with Crippen LogP contribution >= 0.6 is 11.8 Å². The van der Waals surface area contributed by atoms with Gasteiger partial charge < -0.3 is 10.1 Å². The van der Waals surface area contributed by atoms with Crippen LogP contribution in [-0.4, -0.2) is 34.5 Å². The number of nitrogens with one attached hydrogen (secondary N) is 1. The molecule has 1 fully saturated rings. The van der Waals surface area contributed by atoms with Gasteiger partial charge in [-0.25, -0.2) is 0 Å². The van der Waals surface area contributed by atoms with Crippen LogP contribution in [0.1, 0.15) is 38.3 Å². The standard InChI is InChI=1S/C16H24N2O2S/c1-3-21-11-16(19)18-13-6-8-14(9-7-13)20-15-5-4-10-17-12(15)2/h4-5,10,13-14H,3,6-9,11H2,1-2H3,(H,18,19). The maximum absolute atomic E-state index is 11.7. The van der Waals surface area contributed by atoms with Crippen LogP contribution in [0.25, 0.3) is 0 Å². The van der Waals surface area contributed by atoms with Gasteiger partial charge in [0, 0.05) is 12.2 Å². The molecule has 21 heavy (non-hydrogen) atoms. The third-order valence-electron chi connectivity index (χ3n) is 3.73. The predicted molar refractivity (Wildman–Crippen MR) is 86.8 cm³/mol. The second-order valence-corrected chi connectivity index (χ2v) is 6.66. The molecule has 2 rings (SSSR count). The molecule has 0 unspecified atom stereocenters. The highest BCUT2D eigenvalue weighted by molar-refractivity contribution is 7.99. The smallest absolute Gasteiger partial charge is 0.230 e. The van der Waals surface area contributed by atoms with E-state index in [1.54, 1.807) is 18.0 Å². The molecule has 1 heterocycles. The fourth-order valence-corrected chi connectivity index (χ4v) is 3.04. The fraction of sp³-hybridized carbons (Fsp3) is 0.625. The summed E-state index contributed by atoms with van der Waals surface area (Å²) in [6.45, 7) is 4.04. The lowest BCUT2D eigenvalue weighted by molar-refractivity contribution is -0.119. The number of ether oxygens (including phenoxy) is 1. The van der Waals surface area contributed by atoms with E-state index in [0.29, 0.717) is 11.8 Å². The molecular formula is C16H24N2O2S. The Morgan fingerprint density at radius 2 is 2.19 bits per heavy atom. The maximum Gasteiger partial charge on any atom is 0.230 e. The van der Waals surface area contributed by atoms with Gasteiger partial charge in [-0.05, 0) is 50.5 Å². The molecule has 0 saturated heterocycles. The monoisotopic (exact) mass is 308 g/mol. The number of aromatic nitrogens is 1. The first-order valence-corrected chi connectivity index (χ1v) is 8.80. The van der Waals surface area contributed by atoms with E-state index in [1.165, 1.54) is 0 Å². The van der Waals surface area contributed by atoms with E-state index in [4.69, 9.17) is 4.74 Å². The van der Waals surface area contributed by atoms with Crippen LogP contribution in [-0.2, 0) is 4.79 Å². The molecule has 4 nitrogen and oxygen atoms in total. The number of rotatable bonds is 6. The van der Waals surface area contributed by atoms with Crippen LogP contribution < -0.4 is 10.1 Å². The zero-order chi connectivity index (χ0) is 15.1. The third-order valence-corrected chi connectivity index (χ3v) is 4.60. The number of carbonyl (C=O) groups is 1. The average molecular weight is 308 g/mol. The molecule has 0 bridgehead atoms. The van der Waals surface area contributed by atoms with Crippen molar-refractivity contribution in [1.82, 2.24) is 10.3 Å². The first-order valence-electron chi connectivity index (χ1n) is 7.64. The number of amides is 1. The molecule has 0 atom stereocenters. The zero-order valence-corrected chi connectivity index (χ0v) is 13.6. The molecule has 0 radical (unpaired) electrons. The molecule has 1 aliphatic carbocycles. The molecule has 1 aliphatic rings. The van der Waals surface area contributed by atoms with Gasteiger partial charge in [0.25, 0.3) is 0 Å². The Balaban J connectivity index is 1.73. The summed E-state index contributed by atoms with van der Waals surface area (Å²) in [6, 6.07) is 4.18. The summed E-state index contributed by atoms with van der Waals surface area (Å²) < 4.78 is 6.02. The molecule has 1 amide bonds. The van der Waals surface area contributed by atoms with Gasteiger partial charge in [0.15, 0.2) is 0 Å². The van der Waals surface area contributed by atoms with E-state index < -0.39 is 0 Å².